The van der Waals surface area contributed by atoms with Gasteiger partial charge in [-0.2, -0.15) is 8.42 Å². The molecule has 0 bridgehead atoms. The maximum atomic E-state index is 8.85. The third-order valence-electron chi connectivity index (χ3n) is 0. The second kappa shape index (κ2) is 9.19. The summed E-state index contributed by atoms with van der Waals surface area (Å²) in [5.41, 5.74) is 0. The van der Waals surface area contributed by atoms with Crippen molar-refractivity contribution in [3.8, 4) is 0 Å². The molecule has 0 rings (SSSR count). The Labute approximate surface area is 102 Å². The minimum absolute atomic E-state index is 0. The van der Waals surface area contributed by atoms with E-state index in [2.05, 4.69) is 10.3 Å². The number of nitrogens with two attached hydrogens (primary N) is 2. The van der Waals surface area contributed by atoms with E-state index < -0.39 is 31.0 Å². The zero-order valence-electron chi connectivity index (χ0n) is 6.84. The molecule has 16 heteroatoms. The Morgan fingerprint density at radius 2 is 0.750 bits per heavy atom. The van der Waals surface area contributed by atoms with E-state index >= 15 is 0 Å². The maximum absolute atomic E-state index is 8.85. The van der Waals surface area contributed by atoms with Crippen LogP contribution in [0.3, 0.4) is 0 Å². The quantitative estimate of drug-likeness (QED) is 0.244. The number of hydrogen-bond acceptors (Lipinski definition) is 8. The Morgan fingerprint density at radius 3 is 0.750 bits per heavy atom. The van der Waals surface area contributed by atoms with Crippen molar-refractivity contribution < 1.29 is 60.5 Å². The van der Waals surface area contributed by atoms with Gasteiger partial charge in [-0.1, -0.05) is 0 Å². The first-order valence-corrected chi connectivity index (χ1v) is 6.51. The van der Waals surface area contributed by atoms with E-state index in [4.69, 9.17) is 43.5 Å². The fourth-order valence-electron chi connectivity index (χ4n) is 0. The van der Waals surface area contributed by atoms with E-state index in [0.29, 0.717) is 0 Å². The Balaban J connectivity index is -0.0000000655. The molecule has 6 N–H and O–H groups in total. The van der Waals surface area contributed by atoms with Gasteiger partial charge in [-0.25, -0.2) is 27.1 Å². The summed E-state index contributed by atoms with van der Waals surface area (Å²) < 4.78 is 84.7. The SMILES string of the molecule is NS(=O)(=O)[O-].NS(=O)(=O)[O-].O=S(=O)(O)O.[Cu+2]. The molecule has 105 valence electrons. The first kappa shape index (κ1) is 25.1. The Hall–Kier alpha value is 0.129. The van der Waals surface area contributed by atoms with Crippen molar-refractivity contribution in [2.24, 2.45) is 10.3 Å². The maximum Gasteiger partial charge on any atom is 2.00 e. The molecular formula is H6CuN2O10S3. The Bertz CT molecular complexity index is 345. The van der Waals surface area contributed by atoms with Crippen molar-refractivity contribution in [3.05, 3.63) is 0 Å². The fourth-order valence-corrected chi connectivity index (χ4v) is 0. The van der Waals surface area contributed by atoms with E-state index in [0.717, 1.165) is 0 Å². The normalized spacial score (nSPS) is 10.9. The Kier molecular flexibility index (Phi) is 14.4. The molecule has 0 aliphatic heterocycles. The van der Waals surface area contributed by atoms with Crippen LogP contribution in [-0.4, -0.2) is 43.5 Å². The second-order valence-corrected chi connectivity index (χ2v) is 4.30. The van der Waals surface area contributed by atoms with Crippen LogP contribution in [0.15, 0.2) is 0 Å². The molecule has 0 aromatic rings. The van der Waals surface area contributed by atoms with Crippen LogP contribution in [0.5, 0.6) is 0 Å². The zero-order valence-corrected chi connectivity index (χ0v) is 10.2. The number of rotatable bonds is 0. The zero-order chi connectivity index (χ0) is 13.5. The van der Waals surface area contributed by atoms with Gasteiger partial charge in [0, 0.05) is 0 Å². The van der Waals surface area contributed by atoms with Gasteiger partial charge in [-0.05, 0) is 0 Å². The van der Waals surface area contributed by atoms with Crippen molar-refractivity contribution in [1.82, 2.24) is 0 Å². The third-order valence-corrected chi connectivity index (χ3v) is 0. The van der Waals surface area contributed by atoms with Crippen LogP contribution in [0.1, 0.15) is 0 Å². The van der Waals surface area contributed by atoms with Crippen molar-refractivity contribution in [2.45, 2.75) is 0 Å². The first-order valence-electron chi connectivity index (χ1n) is 2.17. The molecule has 0 saturated carbocycles. The average Bonchev–Trinajstić information content (AvgIpc) is 1.41. The molecule has 0 aromatic carbocycles. The van der Waals surface area contributed by atoms with Crippen LogP contribution >= 0.6 is 0 Å². The predicted octanol–water partition coefficient (Wildman–Crippen LogP) is -3.84. The largest absolute Gasteiger partial charge is 2.00 e. The average molecular weight is 354 g/mol. The molecule has 0 aliphatic carbocycles. The molecule has 0 aromatic heterocycles. The smallest absolute Gasteiger partial charge is 0.736 e. The van der Waals surface area contributed by atoms with Crippen molar-refractivity contribution in [1.29, 1.82) is 0 Å². The number of hydrogen-bond donors (Lipinski definition) is 4. The molecule has 12 nitrogen and oxygen atoms in total. The molecule has 0 fully saturated rings. The van der Waals surface area contributed by atoms with Gasteiger partial charge >= 0.3 is 27.5 Å². The molecule has 0 unspecified atom stereocenters. The molecule has 0 aliphatic rings. The standard InChI is InChI=1S/Cu.2H3NO3S.H2O4S/c;3*1-5(2,3)4/h;2*(H3,1,2,3,4);(H2,1,2,3,4)/q+2;;;/p-2. The van der Waals surface area contributed by atoms with Gasteiger partial charge in [0.1, 0.15) is 0 Å². The van der Waals surface area contributed by atoms with Crippen molar-refractivity contribution >= 4 is 31.0 Å². The summed E-state index contributed by atoms with van der Waals surface area (Å²) >= 11 is 0. The van der Waals surface area contributed by atoms with Crippen LogP contribution in [-0.2, 0) is 48.1 Å². The molecule has 0 heterocycles. The summed E-state index contributed by atoms with van der Waals surface area (Å²) in [6.07, 6.45) is 0. The summed E-state index contributed by atoms with van der Waals surface area (Å²) in [5, 5.41) is 7.54. The monoisotopic (exact) mass is 353 g/mol. The summed E-state index contributed by atoms with van der Waals surface area (Å²) in [6, 6.07) is 0. The molecule has 0 saturated heterocycles. The predicted molar refractivity (Wildman–Crippen MR) is 41.9 cm³/mol. The van der Waals surface area contributed by atoms with Crippen LogP contribution in [0.2, 0.25) is 0 Å². The van der Waals surface area contributed by atoms with Gasteiger partial charge in [0.05, 0.1) is 0 Å². The molecule has 0 spiro atoms. The van der Waals surface area contributed by atoms with Crippen LogP contribution in [0.4, 0.5) is 0 Å². The molecule has 0 atom stereocenters. The van der Waals surface area contributed by atoms with E-state index in [1.807, 2.05) is 0 Å². The van der Waals surface area contributed by atoms with Gasteiger partial charge in [-0.3, -0.25) is 9.11 Å². The summed E-state index contributed by atoms with van der Waals surface area (Å²) in [7, 11) is -13.5. The van der Waals surface area contributed by atoms with Crippen molar-refractivity contribution in [3.63, 3.8) is 0 Å². The van der Waals surface area contributed by atoms with Crippen molar-refractivity contribution in [2.75, 3.05) is 0 Å². The summed E-state index contributed by atoms with van der Waals surface area (Å²) in [4.78, 5) is 0. The molecule has 0 amide bonds. The van der Waals surface area contributed by atoms with Gasteiger partial charge in [0.2, 0.25) is 0 Å². The minimum Gasteiger partial charge on any atom is -0.736 e. The summed E-state index contributed by atoms with van der Waals surface area (Å²) in [6.45, 7) is 0. The van der Waals surface area contributed by atoms with Gasteiger partial charge in [-0.15, -0.1) is 0 Å². The van der Waals surface area contributed by atoms with Crippen LogP contribution in [0.25, 0.3) is 0 Å². The molecule has 16 heavy (non-hydrogen) atoms. The molecule has 1 radical (unpaired) electrons. The first-order chi connectivity index (χ1) is 6.00. The van der Waals surface area contributed by atoms with E-state index in [1.54, 1.807) is 0 Å². The summed E-state index contributed by atoms with van der Waals surface area (Å²) in [5.74, 6) is 0. The van der Waals surface area contributed by atoms with E-state index in [9.17, 15) is 0 Å². The van der Waals surface area contributed by atoms with E-state index in [1.165, 1.54) is 0 Å². The van der Waals surface area contributed by atoms with E-state index in [-0.39, 0.29) is 17.1 Å². The fraction of sp³-hybridized carbons (Fsp3) is 0. The minimum atomic E-state index is -4.67. The third kappa shape index (κ3) is 145000. The van der Waals surface area contributed by atoms with Crippen LogP contribution < -0.4 is 10.3 Å². The van der Waals surface area contributed by atoms with Gasteiger partial charge in [0.25, 0.3) is 0 Å². The van der Waals surface area contributed by atoms with Gasteiger partial charge < -0.3 is 9.11 Å². The molecular weight excluding hydrogens is 348 g/mol. The Morgan fingerprint density at radius 1 is 0.750 bits per heavy atom. The second-order valence-electron chi connectivity index (χ2n) is 1.43. The van der Waals surface area contributed by atoms with Crippen LogP contribution in [0, 0.1) is 0 Å². The van der Waals surface area contributed by atoms with Gasteiger partial charge in [0.15, 0.2) is 20.6 Å². The topological polar surface area (TPSA) is 241 Å².